The predicted molar refractivity (Wildman–Crippen MR) is 74.1 cm³/mol. The summed E-state index contributed by atoms with van der Waals surface area (Å²) < 4.78 is 5.32. The van der Waals surface area contributed by atoms with Crippen LogP contribution in [0.5, 0.6) is 0 Å². The fourth-order valence-electron chi connectivity index (χ4n) is 1.99. The summed E-state index contributed by atoms with van der Waals surface area (Å²) in [5, 5.41) is 6.39. The molecule has 1 aromatic heterocycles. The first kappa shape index (κ1) is 13.1. The Bertz CT molecular complexity index is 335. The lowest BCUT2D eigenvalue weighted by atomic mass is 10.3. The van der Waals surface area contributed by atoms with E-state index in [1.807, 2.05) is 25.4 Å². The molecule has 0 radical (unpaired) electrons. The van der Waals surface area contributed by atoms with Gasteiger partial charge in [0, 0.05) is 26.7 Å². The maximum absolute atomic E-state index is 5.32. The van der Waals surface area contributed by atoms with Gasteiger partial charge in [0.05, 0.1) is 25.1 Å². The lowest BCUT2D eigenvalue weighted by Crippen LogP contribution is -2.37. The largest absolute Gasteiger partial charge is 0.387 e. The van der Waals surface area contributed by atoms with Gasteiger partial charge >= 0.3 is 0 Å². The Morgan fingerprint density at radius 2 is 2.17 bits per heavy atom. The number of nitrogens with one attached hydrogen (secondary N) is 2. The molecular formula is C13H22N4O. The summed E-state index contributed by atoms with van der Waals surface area (Å²) >= 11 is 0. The van der Waals surface area contributed by atoms with E-state index in [1.165, 1.54) is 0 Å². The number of nitrogens with zero attached hydrogens (tertiary/aromatic N) is 2. The van der Waals surface area contributed by atoms with E-state index in [4.69, 9.17) is 4.74 Å². The van der Waals surface area contributed by atoms with E-state index in [2.05, 4.69) is 20.5 Å². The third kappa shape index (κ3) is 4.16. The number of hydrogen-bond donors (Lipinski definition) is 2. The Kier molecular flexibility index (Phi) is 5.23. The summed E-state index contributed by atoms with van der Waals surface area (Å²) in [6.07, 6.45) is 2.97. The van der Waals surface area contributed by atoms with Crippen LogP contribution in [0.3, 0.4) is 0 Å². The van der Waals surface area contributed by atoms with Gasteiger partial charge in [-0.3, -0.25) is 4.90 Å². The van der Waals surface area contributed by atoms with E-state index in [0.717, 1.165) is 57.3 Å². The number of hydrogen-bond acceptors (Lipinski definition) is 5. The molecule has 5 nitrogen and oxygen atoms in total. The molecule has 1 aliphatic rings. The van der Waals surface area contributed by atoms with Crippen molar-refractivity contribution in [1.82, 2.24) is 9.88 Å². The Balaban J connectivity index is 1.62. The van der Waals surface area contributed by atoms with Crippen LogP contribution < -0.4 is 10.6 Å². The summed E-state index contributed by atoms with van der Waals surface area (Å²) in [6.45, 7) is 5.97. The van der Waals surface area contributed by atoms with Crippen molar-refractivity contribution in [1.29, 1.82) is 0 Å². The van der Waals surface area contributed by atoms with Gasteiger partial charge in [-0.2, -0.15) is 0 Å². The van der Waals surface area contributed by atoms with Gasteiger partial charge in [0.25, 0.3) is 0 Å². The van der Waals surface area contributed by atoms with Gasteiger partial charge in [0.1, 0.15) is 5.82 Å². The fraction of sp³-hybridized carbons (Fsp3) is 0.615. The van der Waals surface area contributed by atoms with Crippen LogP contribution in [0.1, 0.15) is 6.42 Å². The Hall–Kier alpha value is -1.33. The number of rotatable bonds is 6. The van der Waals surface area contributed by atoms with Crippen LogP contribution >= 0.6 is 0 Å². The van der Waals surface area contributed by atoms with Crippen molar-refractivity contribution in [2.45, 2.75) is 6.42 Å². The first-order valence-corrected chi connectivity index (χ1v) is 6.56. The number of anilines is 2. The summed E-state index contributed by atoms with van der Waals surface area (Å²) in [4.78, 5) is 6.77. The van der Waals surface area contributed by atoms with E-state index in [0.29, 0.717) is 0 Å². The Morgan fingerprint density at radius 1 is 1.33 bits per heavy atom. The van der Waals surface area contributed by atoms with E-state index in [9.17, 15) is 0 Å². The molecule has 1 aliphatic heterocycles. The van der Waals surface area contributed by atoms with Crippen LogP contribution in [0, 0.1) is 0 Å². The predicted octanol–water partition coefficient (Wildman–Crippen LogP) is 1.26. The van der Waals surface area contributed by atoms with Crippen LogP contribution in [-0.2, 0) is 4.74 Å². The molecule has 5 heteroatoms. The number of aromatic nitrogens is 1. The third-order valence-corrected chi connectivity index (χ3v) is 3.11. The lowest BCUT2D eigenvalue weighted by Gasteiger charge is -2.26. The monoisotopic (exact) mass is 250 g/mol. The minimum atomic E-state index is 0.875. The molecule has 0 amide bonds. The summed E-state index contributed by atoms with van der Waals surface area (Å²) in [5.74, 6) is 0.941. The van der Waals surface area contributed by atoms with Crippen molar-refractivity contribution in [3.63, 3.8) is 0 Å². The van der Waals surface area contributed by atoms with Gasteiger partial charge in [-0.05, 0) is 25.1 Å². The highest BCUT2D eigenvalue weighted by Gasteiger charge is 2.08. The third-order valence-electron chi connectivity index (χ3n) is 3.11. The molecular weight excluding hydrogens is 228 g/mol. The summed E-state index contributed by atoms with van der Waals surface area (Å²) in [6, 6.07) is 4.03. The van der Waals surface area contributed by atoms with Gasteiger partial charge in [0.15, 0.2) is 0 Å². The quantitative estimate of drug-likeness (QED) is 0.744. The van der Waals surface area contributed by atoms with Crippen LogP contribution in [0.25, 0.3) is 0 Å². The van der Waals surface area contributed by atoms with Crippen molar-refractivity contribution in [2.75, 3.05) is 57.1 Å². The summed E-state index contributed by atoms with van der Waals surface area (Å²) in [5.41, 5.74) is 1.04. The number of morpholine rings is 1. The molecule has 1 aromatic rings. The van der Waals surface area contributed by atoms with Crippen molar-refractivity contribution < 1.29 is 4.74 Å². The molecule has 0 spiro atoms. The molecule has 1 fully saturated rings. The second kappa shape index (κ2) is 7.18. The fourth-order valence-corrected chi connectivity index (χ4v) is 1.99. The average Bonchev–Trinajstić information content (AvgIpc) is 2.45. The van der Waals surface area contributed by atoms with E-state index in [1.54, 1.807) is 0 Å². The zero-order chi connectivity index (χ0) is 12.6. The maximum Gasteiger partial charge on any atom is 0.126 e. The van der Waals surface area contributed by atoms with Crippen molar-refractivity contribution in [2.24, 2.45) is 0 Å². The van der Waals surface area contributed by atoms with Gasteiger partial charge in [0.2, 0.25) is 0 Å². The number of ether oxygens (including phenoxy) is 1. The van der Waals surface area contributed by atoms with Crippen molar-refractivity contribution in [3.05, 3.63) is 18.3 Å². The highest BCUT2D eigenvalue weighted by Crippen LogP contribution is 2.08. The van der Waals surface area contributed by atoms with Gasteiger partial charge in [-0.25, -0.2) is 4.98 Å². The highest BCUT2D eigenvalue weighted by atomic mass is 16.5. The van der Waals surface area contributed by atoms with E-state index >= 15 is 0 Å². The maximum atomic E-state index is 5.32. The van der Waals surface area contributed by atoms with Crippen LogP contribution in [0.2, 0.25) is 0 Å². The normalized spacial score (nSPS) is 16.5. The Labute approximate surface area is 109 Å². The van der Waals surface area contributed by atoms with E-state index < -0.39 is 0 Å². The molecule has 1 saturated heterocycles. The SMILES string of the molecule is CNc1ccc(NCCCN2CCOCC2)nc1. The molecule has 0 unspecified atom stereocenters. The molecule has 2 N–H and O–H groups in total. The number of pyridine rings is 1. The highest BCUT2D eigenvalue weighted by molar-refractivity contribution is 5.46. The second-order valence-corrected chi connectivity index (χ2v) is 4.42. The minimum absolute atomic E-state index is 0.875. The average molecular weight is 250 g/mol. The smallest absolute Gasteiger partial charge is 0.126 e. The molecule has 0 atom stereocenters. The zero-order valence-electron chi connectivity index (χ0n) is 11.0. The van der Waals surface area contributed by atoms with Crippen molar-refractivity contribution >= 4 is 11.5 Å². The second-order valence-electron chi connectivity index (χ2n) is 4.42. The standard InChI is InChI=1S/C13H22N4O/c1-14-12-3-4-13(16-11-12)15-5-2-6-17-7-9-18-10-8-17/h3-4,11,14H,2,5-10H2,1H3,(H,15,16). The van der Waals surface area contributed by atoms with Gasteiger partial charge in [-0.1, -0.05) is 0 Å². The Morgan fingerprint density at radius 3 is 2.83 bits per heavy atom. The first-order valence-electron chi connectivity index (χ1n) is 6.56. The molecule has 2 heterocycles. The molecule has 2 rings (SSSR count). The van der Waals surface area contributed by atoms with Crippen LogP contribution in [-0.4, -0.2) is 56.3 Å². The van der Waals surface area contributed by atoms with Gasteiger partial charge in [-0.15, -0.1) is 0 Å². The zero-order valence-corrected chi connectivity index (χ0v) is 11.0. The van der Waals surface area contributed by atoms with Crippen LogP contribution in [0.4, 0.5) is 11.5 Å². The molecule has 0 aliphatic carbocycles. The molecule has 18 heavy (non-hydrogen) atoms. The molecule has 100 valence electrons. The summed E-state index contributed by atoms with van der Waals surface area (Å²) in [7, 11) is 1.90. The minimum Gasteiger partial charge on any atom is -0.387 e. The molecule has 0 saturated carbocycles. The topological polar surface area (TPSA) is 49.4 Å². The molecule has 0 bridgehead atoms. The van der Waals surface area contributed by atoms with Gasteiger partial charge < -0.3 is 15.4 Å². The first-order chi connectivity index (χ1) is 8.88. The van der Waals surface area contributed by atoms with E-state index in [-0.39, 0.29) is 0 Å². The molecule has 0 aromatic carbocycles. The lowest BCUT2D eigenvalue weighted by molar-refractivity contribution is 0.0378. The van der Waals surface area contributed by atoms with Crippen LogP contribution in [0.15, 0.2) is 18.3 Å². The van der Waals surface area contributed by atoms with Crippen molar-refractivity contribution in [3.8, 4) is 0 Å².